The zero-order valence-electron chi connectivity index (χ0n) is 19.1. The summed E-state index contributed by atoms with van der Waals surface area (Å²) in [4.78, 5) is 4.14. The Labute approximate surface area is 186 Å². The number of benzene rings is 2. The first-order valence-corrected chi connectivity index (χ1v) is 11.9. The minimum Gasteiger partial charge on any atom is -0.490 e. The molecule has 2 rings (SSSR count). The number of nitrogens with zero attached hydrogens (tertiary/aromatic N) is 1. The third-order valence-electron chi connectivity index (χ3n) is 5.43. The van der Waals surface area contributed by atoms with E-state index in [0.717, 1.165) is 31.2 Å². The van der Waals surface area contributed by atoms with Crippen LogP contribution in [-0.4, -0.2) is 12.8 Å². The van der Waals surface area contributed by atoms with Crippen LogP contribution >= 0.6 is 0 Å². The molecule has 0 aliphatic carbocycles. The predicted molar refractivity (Wildman–Crippen MR) is 127 cm³/mol. The summed E-state index contributed by atoms with van der Waals surface area (Å²) >= 11 is 0. The van der Waals surface area contributed by atoms with Gasteiger partial charge in [0.2, 0.25) is 5.82 Å². The highest BCUT2D eigenvalue weighted by atomic mass is 19.2. The molecule has 0 atom stereocenters. The van der Waals surface area contributed by atoms with Crippen LogP contribution in [0.2, 0.25) is 0 Å². The van der Waals surface area contributed by atoms with E-state index in [9.17, 15) is 8.78 Å². The lowest BCUT2D eigenvalue weighted by molar-refractivity contribution is 0.285. The lowest BCUT2D eigenvalue weighted by Gasteiger charge is -2.09. The number of hydrogen-bond acceptors (Lipinski definition) is 2. The van der Waals surface area contributed by atoms with Gasteiger partial charge >= 0.3 is 0 Å². The Morgan fingerprint density at radius 1 is 0.742 bits per heavy atom. The van der Waals surface area contributed by atoms with Crippen molar-refractivity contribution in [2.45, 2.75) is 84.5 Å². The Bertz CT molecular complexity index is 787. The van der Waals surface area contributed by atoms with Crippen molar-refractivity contribution in [3.63, 3.8) is 0 Å². The average molecular weight is 430 g/mol. The van der Waals surface area contributed by atoms with Crippen molar-refractivity contribution in [3.05, 3.63) is 59.2 Å². The lowest BCUT2D eigenvalue weighted by atomic mass is 10.0. The molecule has 170 valence electrons. The molecule has 0 radical (unpaired) electrons. The average Bonchev–Trinajstić information content (AvgIpc) is 2.79. The van der Waals surface area contributed by atoms with Crippen molar-refractivity contribution >= 4 is 11.9 Å². The fraction of sp³-hybridized carbons (Fsp3) is 0.519. The van der Waals surface area contributed by atoms with Crippen LogP contribution in [0.3, 0.4) is 0 Å². The number of aryl methyl sites for hydroxylation is 1. The van der Waals surface area contributed by atoms with Crippen molar-refractivity contribution in [2.24, 2.45) is 4.99 Å². The summed E-state index contributed by atoms with van der Waals surface area (Å²) in [6.07, 6.45) is 14.3. The van der Waals surface area contributed by atoms with Gasteiger partial charge in [-0.05, 0) is 42.5 Å². The van der Waals surface area contributed by atoms with Gasteiger partial charge in [0.15, 0.2) is 11.6 Å². The molecule has 31 heavy (non-hydrogen) atoms. The first kappa shape index (κ1) is 25.0. The number of hydrogen-bond donors (Lipinski definition) is 0. The van der Waals surface area contributed by atoms with E-state index in [4.69, 9.17) is 4.74 Å². The van der Waals surface area contributed by atoms with Crippen LogP contribution in [0.1, 0.15) is 89.2 Å². The SMILES string of the molecule is CCCCCCCCOc1ccc(N=Cc2ccc(CCCCCC)cc2)c(F)c1F. The topological polar surface area (TPSA) is 21.6 Å². The molecule has 0 bridgehead atoms. The van der Waals surface area contributed by atoms with E-state index in [1.165, 1.54) is 62.6 Å². The van der Waals surface area contributed by atoms with E-state index in [-0.39, 0.29) is 11.4 Å². The van der Waals surface area contributed by atoms with Crippen LogP contribution in [-0.2, 0) is 6.42 Å². The standard InChI is InChI=1S/C27H37F2NO/c1-3-5-7-9-10-12-20-31-25-19-18-24(26(28)27(25)29)30-21-23-16-14-22(15-17-23)13-11-8-6-4-2/h14-19,21H,3-13,20H2,1-2H3. The molecule has 4 heteroatoms. The molecule has 2 aromatic rings. The van der Waals surface area contributed by atoms with Gasteiger partial charge in [-0.25, -0.2) is 4.39 Å². The molecule has 0 saturated heterocycles. The number of aliphatic imine (C=N–C) groups is 1. The first-order chi connectivity index (χ1) is 15.2. The minimum atomic E-state index is -0.969. The Morgan fingerprint density at radius 2 is 1.39 bits per heavy atom. The highest BCUT2D eigenvalue weighted by Crippen LogP contribution is 2.28. The molecule has 0 fully saturated rings. The molecule has 0 aliphatic heterocycles. The van der Waals surface area contributed by atoms with Crippen molar-refractivity contribution < 1.29 is 13.5 Å². The summed E-state index contributed by atoms with van der Waals surface area (Å²) in [6, 6.07) is 11.0. The Hall–Kier alpha value is -2.23. The van der Waals surface area contributed by atoms with E-state index >= 15 is 0 Å². The van der Waals surface area contributed by atoms with Crippen LogP contribution in [0.5, 0.6) is 5.75 Å². The smallest absolute Gasteiger partial charge is 0.202 e. The van der Waals surface area contributed by atoms with Gasteiger partial charge in [-0.15, -0.1) is 0 Å². The van der Waals surface area contributed by atoms with E-state index in [1.807, 2.05) is 12.1 Å². The Morgan fingerprint density at radius 3 is 2.10 bits per heavy atom. The zero-order valence-corrected chi connectivity index (χ0v) is 19.1. The van der Waals surface area contributed by atoms with E-state index < -0.39 is 11.6 Å². The molecular formula is C27H37F2NO. The van der Waals surface area contributed by atoms with E-state index in [1.54, 1.807) is 6.21 Å². The number of ether oxygens (including phenoxy) is 1. The lowest BCUT2D eigenvalue weighted by Crippen LogP contribution is -2.01. The quantitative estimate of drug-likeness (QED) is 0.205. The van der Waals surface area contributed by atoms with Gasteiger partial charge in [0, 0.05) is 6.21 Å². The van der Waals surface area contributed by atoms with Gasteiger partial charge in [-0.1, -0.05) is 89.5 Å². The number of rotatable bonds is 15. The molecular weight excluding hydrogens is 392 g/mol. The van der Waals surface area contributed by atoms with E-state index in [2.05, 4.69) is 31.0 Å². The summed E-state index contributed by atoms with van der Waals surface area (Å²) < 4.78 is 34.1. The normalized spacial score (nSPS) is 11.4. The van der Waals surface area contributed by atoms with Gasteiger partial charge in [-0.2, -0.15) is 4.39 Å². The largest absolute Gasteiger partial charge is 0.490 e. The fourth-order valence-electron chi connectivity index (χ4n) is 3.47. The zero-order chi connectivity index (χ0) is 22.3. The van der Waals surface area contributed by atoms with Crippen LogP contribution < -0.4 is 4.74 Å². The van der Waals surface area contributed by atoms with E-state index in [0.29, 0.717) is 6.61 Å². The second kappa shape index (κ2) is 14.7. The maximum absolute atomic E-state index is 14.4. The predicted octanol–water partition coefficient (Wildman–Crippen LogP) is 8.58. The first-order valence-electron chi connectivity index (χ1n) is 11.9. The molecule has 0 N–H and O–H groups in total. The monoisotopic (exact) mass is 429 g/mol. The molecule has 0 unspecified atom stereocenters. The number of halogens is 2. The maximum atomic E-state index is 14.4. The van der Waals surface area contributed by atoms with Crippen LogP contribution in [0, 0.1) is 11.6 Å². The van der Waals surface area contributed by atoms with Crippen LogP contribution in [0.15, 0.2) is 41.4 Å². The summed E-state index contributed by atoms with van der Waals surface area (Å²) in [5.41, 5.74) is 2.13. The second-order valence-electron chi connectivity index (χ2n) is 8.14. The molecule has 0 spiro atoms. The summed E-state index contributed by atoms with van der Waals surface area (Å²) in [7, 11) is 0. The summed E-state index contributed by atoms with van der Waals surface area (Å²) in [5.74, 6) is -1.98. The van der Waals surface area contributed by atoms with Crippen molar-refractivity contribution in [1.29, 1.82) is 0 Å². The van der Waals surface area contributed by atoms with Crippen LogP contribution in [0.4, 0.5) is 14.5 Å². The summed E-state index contributed by atoms with van der Waals surface area (Å²) in [6.45, 7) is 4.79. The van der Waals surface area contributed by atoms with Crippen molar-refractivity contribution in [2.75, 3.05) is 6.61 Å². The Balaban J connectivity index is 1.85. The fourth-order valence-corrected chi connectivity index (χ4v) is 3.47. The summed E-state index contributed by atoms with van der Waals surface area (Å²) in [5, 5.41) is 0. The Kier molecular flexibility index (Phi) is 11.9. The third-order valence-corrected chi connectivity index (χ3v) is 5.43. The second-order valence-corrected chi connectivity index (χ2v) is 8.14. The molecule has 0 heterocycles. The molecule has 2 nitrogen and oxygen atoms in total. The molecule has 0 amide bonds. The minimum absolute atomic E-state index is 0.0203. The van der Waals surface area contributed by atoms with Gasteiger partial charge < -0.3 is 4.74 Å². The van der Waals surface area contributed by atoms with Gasteiger partial charge in [0.1, 0.15) is 5.69 Å². The highest BCUT2D eigenvalue weighted by Gasteiger charge is 2.14. The molecule has 0 saturated carbocycles. The number of unbranched alkanes of at least 4 members (excludes halogenated alkanes) is 8. The van der Waals surface area contributed by atoms with Gasteiger partial charge in [0.25, 0.3) is 0 Å². The molecule has 0 aliphatic rings. The molecule has 0 aromatic heterocycles. The highest BCUT2D eigenvalue weighted by molar-refractivity contribution is 5.82. The maximum Gasteiger partial charge on any atom is 0.202 e. The van der Waals surface area contributed by atoms with Gasteiger partial charge in [0.05, 0.1) is 6.61 Å². The van der Waals surface area contributed by atoms with Crippen molar-refractivity contribution in [3.8, 4) is 5.75 Å². The van der Waals surface area contributed by atoms with Gasteiger partial charge in [-0.3, -0.25) is 4.99 Å². The van der Waals surface area contributed by atoms with Crippen LogP contribution in [0.25, 0.3) is 0 Å². The van der Waals surface area contributed by atoms with Crippen molar-refractivity contribution in [1.82, 2.24) is 0 Å². The third kappa shape index (κ3) is 9.20. The molecule has 2 aromatic carbocycles.